The van der Waals surface area contributed by atoms with Gasteiger partial charge in [-0.2, -0.15) is 0 Å². The molecule has 2 N–H and O–H groups in total. The molecule has 3 amide bonds. The number of thiocarbonyl (C=S) groups is 1. The van der Waals surface area contributed by atoms with Crippen LogP contribution in [0.5, 0.6) is 0 Å². The number of benzene rings is 3. The molecular formula is C22H14BrN3O3S. The molecule has 0 aliphatic carbocycles. The summed E-state index contributed by atoms with van der Waals surface area (Å²) in [6.45, 7) is 0. The summed E-state index contributed by atoms with van der Waals surface area (Å²) in [7, 11) is 0. The predicted octanol–water partition coefficient (Wildman–Crippen LogP) is 4.38. The highest BCUT2D eigenvalue weighted by atomic mass is 79.9. The van der Waals surface area contributed by atoms with Crippen molar-refractivity contribution >= 4 is 62.4 Å². The van der Waals surface area contributed by atoms with Gasteiger partial charge in [0.25, 0.3) is 17.7 Å². The first-order valence-electron chi connectivity index (χ1n) is 8.90. The second-order valence-corrected chi connectivity index (χ2v) is 7.78. The summed E-state index contributed by atoms with van der Waals surface area (Å²) in [5.41, 5.74) is 2.32. The van der Waals surface area contributed by atoms with Crippen molar-refractivity contribution in [1.82, 2.24) is 5.32 Å². The molecule has 0 fully saturated rings. The summed E-state index contributed by atoms with van der Waals surface area (Å²) in [5, 5.41) is 5.66. The molecule has 6 nitrogen and oxygen atoms in total. The number of amides is 3. The van der Waals surface area contributed by atoms with E-state index < -0.39 is 0 Å². The summed E-state index contributed by atoms with van der Waals surface area (Å²) >= 11 is 8.51. The van der Waals surface area contributed by atoms with Crippen LogP contribution >= 0.6 is 28.1 Å². The minimum absolute atomic E-state index is 0.136. The fourth-order valence-corrected chi connectivity index (χ4v) is 3.53. The van der Waals surface area contributed by atoms with Crippen LogP contribution in [0.1, 0.15) is 31.1 Å². The number of nitrogens with one attached hydrogen (secondary N) is 2. The highest BCUT2D eigenvalue weighted by Gasteiger charge is 2.36. The van der Waals surface area contributed by atoms with E-state index in [4.69, 9.17) is 12.2 Å². The number of carbonyl (C=O) groups excluding carboxylic acids is 3. The first kappa shape index (κ1) is 19.9. The van der Waals surface area contributed by atoms with Crippen molar-refractivity contribution < 1.29 is 14.4 Å². The lowest BCUT2D eigenvalue weighted by molar-refractivity contribution is 0.0923. The molecule has 0 atom stereocenters. The van der Waals surface area contributed by atoms with Crippen molar-refractivity contribution in [2.75, 3.05) is 10.2 Å². The van der Waals surface area contributed by atoms with Gasteiger partial charge in [-0.1, -0.05) is 28.1 Å². The quantitative estimate of drug-likeness (QED) is 0.430. The van der Waals surface area contributed by atoms with E-state index in [1.54, 1.807) is 72.8 Å². The first-order valence-corrected chi connectivity index (χ1v) is 10.1. The number of imide groups is 1. The highest BCUT2D eigenvalue weighted by Crippen LogP contribution is 2.29. The number of hydrogen-bond donors (Lipinski definition) is 2. The summed E-state index contributed by atoms with van der Waals surface area (Å²) in [5.74, 6) is -1.04. The van der Waals surface area contributed by atoms with E-state index in [2.05, 4.69) is 26.6 Å². The van der Waals surface area contributed by atoms with Gasteiger partial charge in [0.05, 0.1) is 16.8 Å². The molecule has 0 unspecified atom stereocenters. The Hall–Kier alpha value is -3.36. The average molecular weight is 480 g/mol. The van der Waals surface area contributed by atoms with E-state index in [0.717, 1.165) is 9.37 Å². The molecule has 0 aromatic heterocycles. The van der Waals surface area contributed by atoms with Crippen molar-refractivity contribution in [3.8, 4) is 0 Å². The maximum Gasteiger partial charge on any atom is 0.266 e. The van der Waals surface area contributed by atoms with Crippen LogP contribution in [0.3, 0.4) is 0 Å². The number of fused-ring (bicyclic) bond motifs is 1. The number of nitrogens with zero attached hydrogens (tertiary/aromatic N) is 1. The Balaban J connectivity index is 1.42. The molecule has 0 saturated carbocycles. The van der Waals surface area contributed by atoms with Crippen molar-refractivity contribution in [2.24, 2.45) is 0 Å². The van der Waals surface area contributed by atoms with Gasteiger partial charge < -0.3 is 5.32 Å². The van der Waals surface area contributed by atoms with Crippen LogP contribution in [0.15, 0.2) is 77.3 Å². The van der Waals surface area contributed by atoms with Crippen LogP contribution in [0, 0.1) is 0 Å². The van der Waals surface area contributed by atoms with E-state index >= 15 is 0 Å². The zero-order valence-corrected chi connectivity index (χ0v) is 17.8. The molecule has 148 valence electrons. The topological polar surface area (TPSA) is 78.5 Å². The Morgan fingerprint density at radius 3 is 1.97 bits per heavy atom. The number of carbonyl (C=O) groups is 3. The lowest BCUT2D eigenvalue weighted by Gasteiger charge is -2.15. The molecule has 1 aliphatic heterocycles. The standard InChI is InChI=1S/C22H14BrN3O3S/c23-14-7-5-13(6-8-14)19(27)25-22(30)24-15-9-11-16(12-10-15)26-20(28)17-3-1-2-4-18(17)21(26)29/h1-12H,(H2,24,25,27,30). The Morgan fingerprint density at radius 2 is 1.40 bits per heavy atom. The summed E-state index contributed by atoms with van der Waals surface area (Å²) in [4.78, 5) is 38.5. The summed E-state index contributed by atoms with van der Waals surface area (Å²) in [6, 6.07) is 20.3. The lowest BCUT2D eigenvalue weighted by atomic mass is 10.1. The maximum absolute atomic E-state index is 12.6. The first-order chi connectivity index (χ1) is 14.4. The zero-order valence-electron chi connectivity index (χ0n) is 15.4. The van der Waals surface area contributed by atoms with Crippen LogP contribution in [0.2, 0.25) is 0 Å². The molecule has 0 saturated heterocycles. The molecule has 30 heavy (non-hydrogen) atoms. The molecular weight excluding hydrogens is 466 g/mol. The number of halogens is 1. The van der Waals surface area contributed by atoms with Gasteiger partial charge in [-0.3, -0.25) is 19.7 Å². The van der Waals surface area contributed by atoms with Crippen LogP contribution < -0.4 is 15.5 Å². The third-order valence-corrected chi connectivity index (χ3v) is 5.24. The number of anilines is 2. The fraction of sp³-hybridized carbons (Fsp3) is 0. The molecule has 0 spiro atoms. The normalized spacial score (nSPS) is 12.5. The molecule has 1 aliphatic rings. The average Bonchev–Trinajstić information content (AvgIpc) is 3.00. The molecule has 4 rings (SSSR count). The maximum atomic E-state index is 12.6. The summed E-state index contributed by atoms with van der Waals surface area (Å²) < 4.78 is 0.873. The second kappa shape index (κ2) is 8.17. The lowest BCUT2D eigenvalue weighted by Crippen LogP contribution is -2.34. The van der Waals surface area contributed by atoms with E-state index in [1.807, 2.05) is 0 Å². The Kier molecular flexibility index (Phi) is 5.43. The Labute approximate surface area is 186 Å². The van der Waals surface area contributed by atoms with Gasteiger partial charge in [-0.15, -0.1) is 0 Å². The SMILES string of the molecule is O=C(NC(=S)Nc1ccc(N2C(=O)c3ccccc3C2=O)cc1)c1ccc(Br)cc1. The van der Waals surface area contributed by atoms with Crippen LogP contribution in [0.25, 0.3) is 0 Å². The van der Waals surface area contributed by atoms with Gasteiger partial charge in [0.1, 0.15) is 0 Å². The van der Waals surface area contributed by atoms with Crippen LogP contribution in [-0.2, 0) is 0 Å². The van der Waals surface area contributed by atoms with E-state index in [9.17, 15) is 14.4 Å². The predicted molar refractivity (Wildman–Crippen MR) is 122 cm³/mol. The third-order valence-electron chi connectivity index (χ3n) is 4.51. The van der Waals surface area contributed by atoms with Gasteiger partial charge >= 0.3 is 0 Å². The zero-order chi connectivity index (χ0) is 21.3. The molecule has 3 aromatic carbocycles. The van der Waals surface area contributed by atoms with Crippen molar-refractivity contribution in [1.29, 1.82) is 0 Å². The molecule has 0 bridgehead atoms. The van der Waals surface area contributed by atoms with Gasteiger partial charge in [0, 0.05) is 15.7 Å². The minimum Gasteiger partial charge on any atom is -0.332 e. The van der Waals surface area contributed by atoms with E-state index in [-0.39, 0.29) is 22.8 Å². The monoisotopic (exact) mass is 479 g/mol. The number of rotatable bonds is 3. The molecule has 0 radical (unpaired) electrons. The van der Waals surface area contributed by atoms with Crippen molar-refractivity contribution in [3.05, 3.63) is 94.0 Å². The Morgan fingerprint density at radius 1 is 0.833 bits per heavy atom. The third kappa shape index (κ3) is 3.87. The second-order valence-electron chi connectivity index (χ2n) is 6.45. The van der Waals surface area contributed by atoms with Crippen LogP contribution in [0.4, 0.5) is 11.4 Å². The van der Waals surface area contributed by atoms with Crippen molar-refractivity contribution in [2.45, 2.75) is 0 Å². The van der Waals surface area contributed by atoms with Gasteiger partial charge in [0.15, 0.2) is 5.11 Å². The van der Waals surface area contributed by atoms with Gasteiger partial charge in [-0.05, 0) is 72.9 Å². The molecule has 1 heterocycles. The smallest absolute Gasteiger partial charge is 0.266 e. The fourth-order valence-electron chi connectivity index (χ4n) is 3.06. The van der Waals surface area contributed by atoms with Crippen LogP contribution in [-0.4, -0.2) is 22.8 Å². The Bertz CT molecular complexity index is 1140. The molecule has 8 heteroatoms. The van der Waals surface area contributed by atoms with E-state index in [1.165, 1.54) is 0 Å². The highest BCUT2D eigenvalue weighted by molar-refractivity contribution is 9.10. The largest absolute Gasteiger partial charge is 0.332 e. The summed E-state index contributed by atoms with van der Waals surface area (Å²) in [6.07, 6.45) is 0. The number of hydrogen-bond acceptors (Lipinski definition) is 4. The van der Waals surface area contributed by atoms with Gasteiger partial charge in [-0.25, -0.2) is 4.90 Å². The van der Waals surface area contributed by atoms with E-state index in [0.29, 0.717) is 28.1 Å². The minimum atomic E-state index is -0.353. The van der Waals surface area contributed by atoms with Crippen molar-refractivity contribution in [3.63, 3.8) is 0 Å². The van der Waals surface area contributed by atoms with Gasteiger partial charge in [0.2, 0.25) is 0 Å². The molecule has 3 aromatic rings.